The predicted molar refractivity (Wildman–Crippen MR) is 136 cm³/mol. The first-order valence-corrected chi connectivity index (χ1v) is 14.0. The van der Waals surface area contributed by atoms with Crippen LogP contribution in [0.2, 0.25) is 0 Å². The molecule has 2 fully saturated rings. The van der Waals surface area contributed by atoms with Gasteiger partial charge >= 0.3 is 10.1 Å². The van der Waals surface area contributed by atoms with Crippen LogP contribution in [0.25, 0.3) is 6.08 Å². The lowest BCUT2D eigenvalue weighted by Gasteiger charge is -2.27. The second kappa shape index (κ2) is 10.5. The van der Waals surface area contributed by atoms with E-state index >= 15 is 0 Å². The topological polar surface area (TPSA) is 101 Å². The number of aryl methyl sites for hydroxylation is 1. The second-order valence-corrected chi connectivity index (χ2v) is 11.7. The van der Waals surface area contributed by atoms with Gasteiger partial charge in [0.25, 0.3) is 11.1 Å². The van der Waals surface area contributed by atoms with Crippen LogP contribution >= 0.6 is 27.7 Å². The molecule has 0 saturated carbocycles. The second-order valence-electron chi connectivity index (χ2n) is 8.24. The first-order chi connectivity index (χ1) is 16.6. The van der Waals surface area contributed by atoms with E-state index in [0.29, 0.717) is 34.9 Å². The van der Waals surface area contributed by atoms with Crippen molar-refractivity contribution in [3.8, 4) is 5.75 Å². The van der Waals surface area contributed by atoms with Crippen LogP contribution < -0.4 is 4.18 Å². The highest BCUT2D eigenvalue weighted by atomic mass is 79.9. The van der Waals surface area contributed by atoms with Crippen molar-refractivity contribution in [1.82, 2.24) is 9.80 Å². The third-order valence-corrected chi connectivity index (χ3v) is 8.29. The van der Waals surface area contributed by atoms with E-state index in [9.17, 15) is 22.8 Å². The minimum absolute atomic E-state index is 0.00460. The summed E-state index contributed by atoms with van der Waals surface area (Å²) in [6.07, 6.45) is 4.28. The monoisotopic (exact) mass is 578 g/mol. The maximum atomic E-state index is 12.9. The molecule has 4 rings (SSSR count). The van der Waals surface area contributed by atoms with E-state index < -0.39 is 21.3 Å². The van der Waals surface area contributed by atoms with Gasteiger partial charge in [-0.2, -0.15) is 8.42 Å². The number of nitrogens with zero attached hydrogens (tertiary/aromatic N) is 2. The van der Waals surface area contributed by atoms with E-state index in [1.54, 1.807) is 29.2 Å². The van der Waals surface area contributed by atoms with Crippen LogP contribution in [-0.2, 0) is 19.7 Å². The quantitative estimate of drug-likeness (QED) is 0.365. The summed E-state index contributed by atoms with van der Waals surface area (Å²) >= 11 is 4.04. The molecule has 2 heterocycles. The normalized spacial score (nSPS) is 17.8. The number of carbonyl (C=O) groups is 3. The average molecular weight is 579 g/mol. The Morgan fingerprint density at radius 2 is 1.77 bits per heavy atom. The van der Waals surface area contributed by atoms with E-state index in [1.165, 1.54) is 24.3 Å². The zero-order valence-corrected chi connectivity index (χ0v) is 22.1. The summed E-state index contributed by atoms with van der Waals surface area (Å²) in [5.41, 5.74) is 1.20. The largest absolute Gasteiger partial charge is 0.378 e. The van der Waals surface area contributed by atoms with Gasteiger partial charge in [-0.05, 0) is 74.4 Å². The van der Waals surface area contributed by atoms with Crippen LogP contribution in [0.5, 0.6) is 5.75 Å². The molecule has 35 heavy (non-hydrogen) atoms. The van der Waals surface area contributed by atoms with E-state index in [4.69, 9.17) is 4.18 Å². The van der Waals surface area contributed by atoms with Crippen LogP contribution in [0, 0.1) is 6.92 Å². The minimum atomic E-state index is -4.13. The fourth-order valence-electron chi connectivity index (χ4n) is 3.74. The summed E-state index contributed by atoms with van der Waals surface area (Å²) in [4.78, 5) is 40.7. The van der Waals surface area contributed by atoms with Crippen molar-refractivity contribution in [2.75, 3.05) is 19.6 Å². The van der Waals surface area contributed by atoms with E-state index in [0.717, 1.165) is 29.7 Å². The van der Waals surface area contributed by atoms with Crippen LogP contribution in [0.15, 0.2) is 56.7 Å². The number of carbonyl (C=O) groups excluding carboxylic acids is 3. The molecule has 0 aromatic heterocycles. The predicted octanol–water partition coefficient (Wildman–Crippen LogP) is 4.57. The highest BCUT2D eigenvalue weighted by Crippen LogP contribution is 2.35. The van der Waals surface area contributed by atoms with Crippen molar-refractivity contribution in [2.45, 2.75) is 31.1 Å². The maximum absolute atomic E-state index is 12.9. The molecule has 0 radical (unpaired) electrons. The number of halogens is 1. The minimum Gasteiger partial charge on any atom is -0.378 e. The Bertz CT molecular complexity index is 1300. The average Bonchev–Trinajstić information content (AvgIpc) is 3.09. The highest BCUT2D eigenvalue weighted by molar-refractivity contribution is 9.10. The number of rotatable bonds is 6. The van der Waals surface area contributed by atoms with Crippen LogP contribution in [0.1, 0.15) is 30.4 Å². The van der Waals surface area contributed by atoms with Crippen molar-refractivity contribution >= 4 is 60.9 Å². The zero-order valence-electron chi connectivity index (χ0n) is 18.9. The van der Waals surface area contributed by atoms with Gasteiger partial charge in [0, 0.05) is 23.1 Å². The molecule has 3 amide bonds. The summed E-state index contributed by atoms with van der Waals surface area (Å²) in [5.74, 6) is -0.855. The Kier molecular flexibility index (Phi) is 7.67. The molecule has 2 aromatic rings. The van der Waals surface area contributed by atoms with Gasteiger partial charge in [-0.1, -0.05) is 33.6 Å². The molecule has 0 spiro atoms. The smallest absolute Gasteiger partial charge is 0.339 e. The SMILES string of the molecule is Cc1ccc(S(=O)(=O)Oc2ccc(Br)cc2/C=C2\SC(=O)N(CC(=O)N3CCCCC3)C2=O)cc1. The molecule has 11 heteroatoms. The van der Waals surface area contributed by atoms with Gasteiger partial charge in [0.05, 0.1) is 4.91 Å². The molecule has 8 nitrogen and oxygen atoms in total. The van der Waals surface area contributed by atoms with Crippen LogP contribution in [0.4, 0.5) is 4.79 Å². The molecular formula is C24H23BrN2O6S2. The molecule has 2 aliphatic heterocycles. The molecular weight excluding hydrogens is 556 g/mol. The van der Waals surface area contributed by atoms with E-state index in [1.807, 2.05) is 6.92 Å². The van der Waals surface area contributed by atoms with E-state index in [-0.39, 0.29) is 28.0 Å². The molecule has 184 valence electrons. The van der Waals surface area contributed by atoms with Crippen molar-refractivity contribution < 1.29 is 27.0 Å². The van der Waals surface area contributed by atoms with Gasteiger partial charge in [0.1, 0.15) is 17.2 Å². The number of hydrogen-bond donors (Lipinski definition) is 0. The van der Waals surface area contributed by atoms with Crippen LogP contribution in [0.3, 0.4) is 0 Å². The molecule has 2 aliphatic rings. The van der Waals surface area contributed by atoms with Crippen molar-refractivity contribution in [3.63, 3.8) is 0 Å². The summed E-state index contributed by atoms with van der Waals surface area (Å²) in [6.45, 7) is 2.78. The Morgan fingerprint density at radius 3 is 2.46 bits per heavy atom. The highest BCUT2D eigenvalue weighted by Gasteiger charge is 2.37. The van der Waals surface area contributed by atoms with Crippen molar-refractivity contribution in [3.05, 3.63) is 63.0 Å². The molecule has 0 N–H and O–H groups in total. The summed E-state index contributed by atoms with van der Waals surface area (Å²) in [6, 6.07) is 10.9. The van der Waals surface area contributed by atoms with Crippen molar-refractivity contribution in [2.24, 2.45) is 0 Å². The lowest BCUT2D eigenvalue weighted by atomic mass is 10.1. The van der Waals surface area contributed by atoms with Crippen LogP contribution in [-0.4, -0.2) is 54.9 Å². The fraction of sp³-hybridized carbons (Fsp3) is 0.292. The first-order valence-electron chi connectivity index (χ1n) is 11.0. The summed E-state index contributed by atoms with van der Waals surface area (Å²) < 4.78 is 31.6. The standard InChI is InChI=1S/C24H23BrN2O6S2/c1-16-5-8-19(9-6-16)35(31,32)33-20-10-7-18(25)13-17(20)14-21-23(29)27(24(30)34-21)15-22(28)26-11-3-2-4-12-26/h5-10,13-14H,2-4,11-12,15H2,1H3/b21-14-. The van der Waals surface area contributed by atoms with Gasteiger partial charge in [0.15, 0.2) is 0 Å². The van der Waals surface area contributed by atoms with E-state index in [2.05, 4.69) is 15.9 Å². The van der Waals surface area contributed by atoms with Gasteiger partial charge in [0.2, 0.25) is 5.91 Å². The number of amides is 3. The molecule has 2 aromatic carbocycles. The fourth-order valence-corrected chi connectivity index (χ4v) is 5.90. The molecule has 0 bridgehead atoms. The van der Waals surface area contributed by atoms with Gasteiger partial charge in [-0.3, -0.25) is 19.3 Å². The Morgan fingerprint density at radius 1 is 1.09 bits per heavy atom. The lowest BCUT2D eigenvalue weighted by molar-refractivity contribution is -0.136. The molecule has 2 saturated heterocycles. The van der Waals surface area contributed by atoms with Crippen molar-refractivity contribution in [1.29, 1.82) is 0 Å². The number of likely N-dealkylation sites (tertiary alicyclic amines) is 1. The zero-order chi connectivity index (χ0) is 25.2. The Hall–Kier alpha value is -2.63. The Balaban J connectivity index is 1.57. The number of piperidine rings is 1. The maximum Gasteiger partial charge on any atom is 0.339 e. The van der Waals surface area contributed by atoms with Gasteiger partial charge < -0.3 is 9.08 Å². The third-order valence-electron chi connectivity index (χ3n) is 5.64. The molecule has 0 unspecified atom stereocenters. The van der Waals surface area contributed by atoms with Gasteiger partial charge in [-0.25, -0.2) is 0 Å². The van der Waals surface area contributed by atoms with Gasteiger partial charge in [-0.15, -0.1) is 0 Å². The third kappa shape index (κ3) is 5.96. The lowest BCUT2D eigenvalue weighted by Crippen LogP contribution is -2.44. The number of thioether (sulfide) groups is 1. The molecule has 0 atom stereocenters. The summed E-state index contributed by atoms with van der Waals surface area (Å²) in [5, 5.41) is -0.545. The number of imide groups is 1. The Labute approximate surface area is 216 Å². The molecule has 0 aliphatic carbocycles. The summed E-state index contributed by atoms with van der Waals surface area (Å²) in [7, 11) is -4.13. The first kappa shape index (κ1) is 25.5. The number of hydrogen-bond acceptors (Lipinski definition) is 7. The number of benzene rings is 2.